The number of rotatable bonds is 7. The molecule has 1 saturated heterocycles. The summed E-state index contributed by atoms with van der Waals surface area (Å²) < 4.78 is 7.25. The van der Waals surface area contributed by atoms with Gasteiger partial charge in [0.1, 0.15) is 0 Å². The highest BCUT2D eigenvalue weighted by atomic mass is 32.2. The average Bonchev–Trinajstić information content (AvgIpc) is 3.08. The van der Waals surface area contributed by atoms with Gasteiger partial charge in [0.05, 0.1) is 18.9 Å². The monoisotopic (exact) mass is 389 g/mol. The molecule has 2 aromatic rings. The zero-order chi connectivity index (χ0) is 19.2. The number of pyridine rings is 1. The molecular formula is C19H27N5O2S. The van der Waals surface area contributed by atoms with Crippen molar-refractivity contribution in [1.82, 2.24) is 24.6 Å². The second-order valence-corrected chi connectivity index (χ2v) is 7.85. The van der Waals surface area contributed by atoms with E-state index in [0.29, 0.717) is 31.0 Å². The Labute approximate surface area is 164 Å². The molecule has 1 aliphatic rings. The highest BCUT2D eigenvalue weighted by Crippen LogP contribution is 2.27. The van der Waals surface area contributed by atoms with Gasteiger partial charge in [0.25, 0.3) is 0 Å². The summed E-state index contributed by atoms with van der Waals surface area (Å²) in [6, 6.07) is 4.43. The number of hydrogen-bond donors (Lipinski definition) is 0. The molecular weight excluding hydrogens is 362 g/mol. The molecule has 7 nitrogen and oxygen atoms in total. The van der Waals surface area contributed by atoms with Gasteiger partial charge in [0.2, 0.25) is 5.91 Å². The third kappa shape index (κ3) is 4.68. The van der Waals surface area contributed by atoms with Gasteiger partial charge >= 0.3 is 0 Å². The number of thioether (sulfide) groups is 1. The molecule has 27 heavy (non-hydrogen) atoms. The van der Waals surface area contributed by atoms with Crippen LogP contribution in [0.25, 0.3) is 11.4 Å². The highest BCUT2D eigenvalue weighted by molar-refractivity contribution is 7.99. The predicted molar refractivity (Wildman–Crippen MR) is 105 cm³/mol. The number of piperidine rings is 1. The number of carbonyl (C=O) groups excluding carboxylic acids is 1. The summed E-state index contributed by atoms with van der Waals surface area (Å²) >= 11 is 1.45. The molecule has 3 heterocycles. The van der Waals surface area contributed by atoms with E-state index < -0.39 is 0 Å². The number of carbonyl (C=O) groups is 1. The number of likely N-dealkylation sites (tertiary alicyclic amines) is 1. The summed E-state index contributed by atoms with van der Waals surface area (Å²) in [6.07, 6.45) is 6.83. The minimum Gasteiger partial charge on any atom is -0.383 e. The van der Waals surface area contributed by atoms with E-state index in [2.05, 4.69) is 29.0 Å². The number of methoxy groups -OCH3 is 1. The Morgan fingerprint density at radius 3 is 2.59 bits per heavy atom. The molecule has 3 rings (SSSR count). The number of nitrogens with zero attached hydrogens (tertiary/aromatic N) is 5. The Morgan fingerprint density at radius 1 is 1.22 bits per heavy atom. The average molecular weight is 390 g/mol. The minimum absolute atomic E-state index is 0.173. The van der Waals surface area contributed by atoms with Crippen LogP contribution >= 0.6 is 11.8 Å². The zero-order valence-electron chi connectivity index (χ0n) is 16.2. The Balaban J connectivity index is 1.74. The van der Waals surface area contributed by atoms with Crippen molar-refractivity contribution in [3.05, 3.63) is 24.5 Å². The summed E-state index contributed by atoms with van der Waals surface area (Å²) in [5.74, 6) is 1.31. The van der Waals surface area contributed by atoms with Gasteiger partial charge in [-0.25, -0.2) is 0 Å². The summed E-state index contributed by atoms with van der Waals surface area (Å²) in [7, 11) is 1.67. The van der Waals surface area contributed by atoms with E-state index in [4.69, 9.17) is 4.74 Å². The van der Waals surface area contributed by atoms with Crippen LogP contribution in [-0.2, 0) is 16.1 Å². The van der Waals surface area contributed by atoms with Gasteiger partial charge in [-0.3, -0.25) is 14.3 Å². The Kier molecular flexibility index (Phi) is 6.84. The molecule has 1 aliphatic heterocycles. The summed E-state index contributed by atoms with van der Waals surface area (Å²) in [4.78, 5) is 18.9. The maximum atomic E-state index is 12.8. The Hall–Kier alpha value is -1.93. The van der Waals surface area contributed by atoms with Crippen LogP contribution in [0.4, 0.5) is 0 Å². The van der Waals surface area contributed by atoms with E-state index in [1.807, 2.05) is 21.6 Å². The molecule has 0 bridgehead atoms. The number of hydrogen-bond acceptors (Lipinski definition) is 6. The molecule has 0 aromatic carbocycles. The van der Waals surface area contributed by atoms with Crippen molar-refractivity contribution in [2.75, 3.05) is 19.5 Å². The number of ether oxygens (including phenoxy) is 1. The normalized spacial score (nSPS) is 20.0. The molecule has 0 radical (unpaired) electrons. The van der Waals surface area contributed by atoms with Crippen LogP contribution in [0.5, 0.6) is 0 Å². The molecule has 1 fully saturated rings. The predicted octanol–water partition coefficient (Wildman–Crippen LogP) is 2.87. The largest absolute Gasteiger partial charge is 0.383 e. The number of amides is 1. The lowest BCUT2D eigenvalue weighted by Crippen LogP contribution is -2.48. The molecule has 0 aliphatic carbocycles. The maximum Gasteiger partial charge on any atom is 0.233 e. The Bertz CT molecular complexity index is 742. The minimum atomic E-state index is 0.173. The summed E-state index contributed by atoms with van der Waals surface area (Å²) in [5, 5.41) is 9.41. The standard InChI is InChI=1S/C19H27N5O2S/c1-14-5-4-6-15(2)24(14)17(25)13-27-19-22-21-18(23(19)11-12-26-3)16-7-9-20-10-8-16/h7-10,14-15H,4-6,11-13H2,1-3H3. The first-order valence-electron chi connectivity index (χ1n) is 9.38. The van der Waals surface area contributed by atoms with Crippen LogP contribution < -0.4 is 0 Å². The molecule has 0 saturated carbocycles. The lowest BCUT2D eigenvalue weighted by atomic mass is 9.98. The summed E-state index contributed by atoms with van der Waals surface area (Å²) in [6.45, 7) is 5.47. The van der Waals surface area contributed by atoms with Crippen LogP contribution in [0.15, 0.2) is 29.7 Å². The second-order valence-electron chi connectivity index (χ2n) is 6.91. The van der Waals surface area contributed by atoms with Gasteiger partial charge in [-0.15, -0.1) is 10.2 Å². The van der Waals surface area contributed by atoms with Gasteiger partial charge in [0.15, 0.2) is 11.0 Å². The second kappa shape index (κ2) is 9.32. The van der Waals surface area contributed by atoms with Crippen molar-refractivity contribution >= 4 is 17.7 Å². The van der Waals surface area contributed by atoms with E-state index in [9.17, 15) is 4.79 Å². The van der Waals surface area contributed by atoms with Crippen molar-refractivity contribution in [1.29, 1.82) is 0 Å². The van der Waals surface area contributed by atoms with Gasteiger partial charge in [-0.2, -0.15) is 0 Å². The third-order valence-corrected chi connectivity index (χ3v) is 5.93. The van der Waals surface area contributed by atoms with Crippen LogP contribution in [0.2, 0.25) is 0 Å². The van der Waals surface area contributed by atoms with Gasteiger partial charge in [-0.1, -0.05) is 11.8 Å². The third-order valence-electron chi connectivity index (χ3n) is 4.98. The quantitative estimate of drug-likeness (QED) is 0.678. The molecule has 0 N–H and O–H groups in total. The van der Waals surface area contributed by atoms with Gasteiger partial charge in [0, 0.05) is 37.2 Å². The van der Waals surface area contributed by atoms with E-state index in [-0.39, 0.29) is 5.91 Å². The van der Waals surface area contributed by atoms with Crippen molar-refractivity contribution in [2.45, 2.75) is 56.9 Å². The highest BCUT2D eigenvalue weighted by Gasteiger charge is 2.29. The van der Waals surface area contributed by atoms with Crippen LogP contribution in [0.3, 0.4) is 0 Å². The van der Waals surface area contributed by atoms with Crippen molar-refractivity contribution in [2.24, 2.45) is 0 Å². The topological polar surface area (TPSA) is 73.1 Å². The van der Waals surface area contributed by atoms with Gasteiger partial charge < -0.3 is 9.64 Å². The first-order chi connectivity index (χ1) is 13.1. The molecule has 0 spiro atoms. The maximum absolute atomic E-state index is 12.8. The van der Waals surface area contributed by atoms with Crippen molar-refractivity contribution in [3.63, 3.8) is 0 Å². The molecule has 2 atom stereocenters. The van der Waals surface area contributed by atoms with Crippen molar-refractivity contribution < 1.29 is 9.53 Å². The molecule has 1 amide bonds. The van der Waals surface area contributed by atoms with E-state index >= 15 is 0 Å². The Morgan fingerprint density at radius 2 is 1.93 bits per heavy atom. The van der Waals surface area contributed by atoms with Crippen LogP contribution in [-0.4, -0.2) is 62.1 Å². The van der Waals surface area contributed by atoms with E-state index in [1.165, 1.54) is 18.2 Å². The van der Waals surface area contributed by atoms with E-state index in [1.54, 1.807) is 19.5 Å². The molecule has 8 heteroatoms. The van der Waals surface area contributed by atoms with Crippen molar-refractivity contribution in [3.8, 4) is 11.4 Å². The van der Waals surface area contributed by atoms with Crippen LogP contribution in [0, 0.1) is 0 Å². The zero-order valence-corrected chi connectivity index (χ0v) is 17.0. The molecule has 2 aromatic heterocycles. The fourth-order valence-electron chi connectivity index (χ4n) is 3.61. The SMILES string of the molecule is COCCn1c(SCC(=O)N2C(C)CCCC2C)nnc1-c1ccncc1. The van der Waals surface area contributed by atoms with Gasteiger partial charge in [-0.05, 0) is 45.2 Å². The number of aromatic nitrogens is 4. The lowest BCUT2D eigenvalue weighted by Gasteiger charge is -2.39. The van der Waals surface area contributed by atoms with E-state index in [0.717, 1.165) is 29.4 Å². The summed E-state index contributed by atoms with van der Waals surface area (Å²) in [5.41, 5.74) is 0.949. The smallest absolute Gasteiger partial charge is 0.233 e. The fourth-order valence-corrected chi connectivity index (χ4v) is 4.44. The lowest BCUT2D eigenvalue weighted by molar-refractivity contribution is -0.134. The molecule has 146 valence electrons. The molecule has 2 unspecified atom stereocenters. The van der Waals surface area contributed by atoms with Crippen LogP contribution in [0.1, 0.15) is 33.1 Å². The first kappa shape index (κ1) is 19.8. The first-order valence-corrected chi connectivity index (χ1v) is 10.4. The fraction of sp³-hybridized carbons (Fsp3) is 0.579.